The van der Waals surface area contributed by atoms with Crippen LogP contribution in [-0.2, 0) is 17.8 Å². The number of aromatic nitrogens is 1. The van der Waals surface area contributed by atoms with Crippen LogP contribution in [0.15, 0.2) is 47.9 Å². The summed E-state index contributed by atoms with van der Waals surface area (Å²) in [6.45, 7) is 1.61. The van der Waals surface area contributed by atoms with Crippen molar-refractivity contribution in [1.29, 1.82) is 0 Å². The van der Waals surface area contributed by atoms with E-state index in [1.165, 1.54) is 15.1 Å². The number of amides is 1. The number of carbonyl (C=O) groups is 1. The Bertz CT molecular complexity index is 954. The number of nitrogens with zero attached hydrogens (tertiary/aromatic N) is 2. The van der Waals surface area contributed by atoms with Crippen molar-refractivity contribution in [3.05, 3.63) is 63.3 Å². The predicted molar refractivity (Wildman–Crippen MR) is 108 cm³/mol. The van der Waals surface area contributed by atoms with Gasteiger partial charge in [-0.25, -0.2) is 4.98 Å². The lowest BCUT2D eigenvalue weighted by Gasteiger charge is -2.34. The molecule has 1 amide bonds. The number of allylic oxidation sites excluding steroid dienone is 2. The van der Waals surface area contributed by atoms with E-state index in [9.17, 15) is 4.79 Å². The second-order valence-electron chi connectivity index (χ2n) is 7.05. The summed E-state index contributed by atoms with van der Waals surface area (Å²) in [4.78, 5) is 21.7. The van der Waals surface area contributed by atoms with E-state index in [4.69, 9.17) is 4.98 Å². The van der Waals surface area contributed by atoms with Crippen molar-refractivity contribution in [2.45, 2.75) is 31.7 Å². The van der Waals surface area contributed by atoms with E-state index in [-0.39, 0.29) is 11.8 Å². The summed E-state index contributed by atoms with van der Waals surface area (Å²) in [5.74, 6) is 0.518. The summed E-state index contributed by atoms with van der Waals surface area (Å²) in [5, 5.41) is 3.26. The van der Waals surface area contributed by atoms with Gasteiger partial charge in [-0.2, -0.15) is 0 Å². The second kappa shape index (κ2) is 6.63. The van der Waals surface area contributed by atoms with Gasteiger partial charge in [-0.05, 0) is 48.4 Å². The van der Waals surface area contributed by atoms with Gasteiger partial charge in [0, 0.05) is 23.9 Å². The number of fused-ring (bicyclic) bond motifs is 2. The van der Waals surface area contributed by atoms with Crippen LogP contribution in [0.4, 0.5) is 0 Å². The Morgan fingerprint density at radius 1 is 1.15 bits per heavy atom. The van der Waals surface area contributed by atoms with Crippen molar-refractivity contribution in [2.75, 3.05) is 6.54 Å². The molecule has 3 aromatic rings. The molecule has 1 aromatic carbocycles. The highest BCUT2D eigenvalue weighted by Crippen LogP contribution is 2.40. The first-order chi connectivity index (χ1) is 12.8. The molecule has 0 bridgehead atoms. The van der Waals surface area contributed by atoms with E-state index in [1.54, 1.807) is 11.3 Å². The molecule has 0 N–H and O–H groups in total. The minimum absolute atomic E-state index is 0.0146. The van der Waals surface area contributed by atoms with Gasteiger partial charge in [0.15, 0.2) is 0 Å². The highest BCUT2D eigenvalue weighted by atomic mass is 32.1. The predicted octanol–water partition coefficient (Wildman–Crippen LogP) is 4.99. The van der Waals surface area contributed by atoms with Crippen LogP contribution in [0, 0.1) is 5.92 Å². The van der Waals surface area contributed by atoms with Gasteiger partial charge in [-0.3, -0.25) is 4.79 Å². The molecule has 2 aliphatic rings. The molecule has 0 saturated heterocycles. The number of thiophene rings is 1. The monoisotopic (exact) mass is 380 g/mol. The zero-order valence-electron chi connectivity index (χ0n) is 14.4. The van der Waals surface area contributed by atoms with Crippen LogP contribution in [0.2, 0.25) is 0 Å². The minimum atomic E-state index is 0.0146. The zero-order valence-corrected chi connectivity index (χ0v) is 16.1. The maximum Gasteiger partial charge on any atom is 0.227 e. The van der Waals surface area contributed by atoms with Crippen LogP contribution < -0.4 is 0 Å². The molecule has 0 saturated carbocycles. The number of benzene rings is 1. The zero-order chi connectivity index (χ0) is 17.5. The molecule has 1 aliphatic carbocycles. The molecular weight excluding hydrogens is 360 g/mol. The van der Waals surface area contributed by atoms with Crippen LogP contribution >= 0.6 is 22.7 Å². The highest BCUT2D eigenvalue weighted by Gasteiger charge is 2.35. The number of para-hydroxylation sites is 1. The lowest BCUT2D eigenvalue weighted by atomic mass is 9.82. The molecule has 3 nitrogen and oxygen atoms in total. The Morgan fingerprint density at radius 3 is 2.96 bits per heavy atom. The first-order valence-electron chi connectivity index (χ1n) is 9.14. The Hall–Kier alpha value is -1.98. The van der Waals surface area contributed by atoms with Crippen LogP contribution in [0.25, 0.3) is 10.2 Å². The third kappa shape index (κ3) is 2.79. The molecular formula is C21H20N2OS2. The largest absolute Gasteiger partial charge is 0.338 e. The molecule has 2 aromatic heterocycles. The van der Waals surface area contributed by atoms with E-state index in [0.717, 1.165) is 42.9 Å². The number of thiazole rings is 1. The van der Waals surface area contributed by atoms with Gasteiger partial charge in [0.2, 0.25) is 5.91 Å². The average Bonchev–Trinajstić information content (AvgIpc) is 3.33. The SMILES string of the molecule is O=C([C@H]1CC=CC[C@@H]1c1nc2ccccc2s1)N1CCc2sccc2C1. The maximum absolute atomic E-state index is 13.4. The second-order valence-corrected chi connectivity index (χ2v) is 9.12. The van der Waals surface area contributed by atoms with E-state index in [1.807, 2.05) is 17.4 Å². The van der Waals surface area contributed by atoms with E-state index in [2.05, 4.69) is 46.7 Å². The molecule has 3 heterocycles. The van der Waals surface area contributed by atoms with Crippen LogP contribution in [0.1, 0.15) is 34.2 Å². The smallest absolute Gasteiger partial charge is 0.227 e. The third-order valence-corrected chi connectivity index (χ3v) is 7.69. The summed E-state index contributed by atoms with van der Waals surface area (Å²) in [6, 6.07) is 10.4. The number of hydrogen-bond acceptors (Lipinski definition) is 4. The highest BCUT2D eigenvalue weighted by molar-refractivity contribution is 7.18. The van der Waals surface area contributed by atoms with Gasteiger partial charge < -0.3 is 4.90 Å². The van der Waals surface area contributed by atoms with Crippen LogP contribution in [-0.4, -0.2) is 22.3 Å². The Labute approximate surface area is 161 Å². The quantitative estimate of drug-likeness (QED) is 0.587. The lowest BCUT2D eigenvalue weighted by Crippen LogP contribution is -2.41. The van der Waals surface area contributed by atoms with Gasteiger partial charge in [0.25, 0.3) is 0 Å². The Morgan fingerprint density at radius 2 is 2.04 bits per heavy atom. The van der Waals surface area contributed by atoms with Gasteiger partial charge >= 0.3 is 0 Å². The molecule has 5 rings (SSSR count). The Balaban J connectivity index is 1.43. The van der Waals surface area contributed by atoms with E-state index < -0.39 is 0 Å². The third-order valence-electron chi connectivity index (χ3n) is 5.50. The minimum Gasteiger partial charge on any atom is -0.338 e. The molecule has 26 heavy (non-hydrogen) atoms. The summed E-state index contributed by atoms with van der Waals surface area (Å²) < 4.78 is 1.21. The van der Waals surface area contributed by atoms with Crippen molar-refractivity contribution in [3.8, 4) is 0 Å². The fourth-order valence-corrected chi connectivity index (χ4v) is 6.12. The molecule has 0 spiro atoms. The summed E-state index contributed by atoms with van der Waals surface area (Å²) in [5.41, 5.74) is 2.38. The summed E-state index contributed by atoms with van der Waals surface area (Å²) in [6.07, 6.45) is 7.12. The van der Waals surface area contributed by atoms with E-state index >= 15 is 0 Å². The molecule has 0 radical (unpaired) electrons. The molecule has 132 valence electrons. The standard InChI is InChI=1S/C21H20N2OS2/c24-21(23-11-9-18-14(13-23)10-12-25-18)16-6-2-1-5-15(16)20-22-17-7-3-4-8-19(17)26-20/h1-4,7-8,10,12,15-16H,5-6,9,11,13H2/t15-,16-/m0/s1. The Kier molecular flexibility index (Phi) is 4.14. The van der Waals surface area contributed by atoms with Crippen molar-refractivity contribution in [3.63, 3.8) is 0 Å². The number of rotatable bonds is 2. The van der Waals surface area contributed by atoms with Crippen molar-refractivity contribution < 1.29 is 4.79 Å². The first kappa shape index (κ1) is 16.2. The molecule has 5 heteroatoms. The van der Waals surface area contributed by atoms with Gasteiger partial charge in [-0.15, -0.1) is 22.7 Å². The average molecular weight is 381 g/mol. The fraction of sp³-hybridized carbons (Fsp3) is 0.333. The number of hydrogen-bond donors (Lipinski definition) is 0. The van der Waals surface area contributed by atoms with Gasteiger partial charge in [0.1, 0.15) is 0 Å². The van der Waals surface area contributed by atoms with Crippen molar-refractivity contribution in [1.82, 2.24) is 9.88 Å². The molecule has 1 aliphatic heterocycles. The fourth-order valence-electron chi connectivity index (χ4n) is 4.08. The topological polar surface area (TPSA) is 33.2 Å². The summed E-state index contributed by atoms with van der Waals surface area (Å²) in [7, 11) is 0. The van der Waals surface area contributed by atoms with Crippen LogP contribution in [0.5, 0.6) is 0 Å². The molecule has 2 atom stereocenters. The number of carbonyl (C=O) groups excluding carboxylic acids is 1. The molecule has 0 fully saturated rings. The summed E-state index contributed by atoms with van der Waals surface area (Å²) >= 11 is 3.56. The molecule has 0 unspecified atom stereocenters. The first-order valence-corrected chi connectivity index (χ1v) is 10.8. The van der Waals surface area contributed by atoms with Crippen molar-refractivity contribution >= 4 is 38.8 Å². The van der Waals surface area contributed by atoms with Gasteiger partial charge in [0.05, 0.1) is 21.1 Å². The van der Waals surface area contributed by atoms with Crippen molar-refractivity contribution in [2.24, 2.45) is 5.92 Å². The van der Waals surface area contributed by atoms with E-state index in [0.29, 0.717) is 5.91 Å². The lowest BCUT2D eigenvalue weighted by molar-refractivity contribution is -0.137. The van der Waals surface area contributed by atoms with Crippen LogP contribution in [0.3, 0.4) is 0 Å². The normalized spacial score (nSPS) is 22.5. The van der Waals surface area contributed by atoms with Gasteiger partial charge in [-0.1, -0.05) is 24.3 Å². The maximum atomic E-state index is 13.4.